The molecule has 1 unspecified atom stereocenters. The van der Waals surface area contributed by atoms with Gasteiger partial charge in [0.25, 0.3) is 0 Å². The van der Waals surface area contributed by atoms with Crippen LogP contribution in [0.5, 0.6) is 5.75 Å². The molecule has 0 spiro atoms. The van der Waals surface area contributed by atoms with Gasteiger partial charge in [0, 0.05) is 24.7 Å². The summed E-state index contributed by atoms with van der Waals surface area (Å²) in [6, 6.07) is 7.19. The summed E-state index contributed by atoms with van der Waals surface area (Å²) in [5, 5.41) is 0. The van der Waals surface area contributed by atoms with Crippen LogP contribution in [0.1, 0.15) is 12.8 Å². The minimum Gasteiger partial charge on any atom is -0.406 e. The van der Waals surface area contributed by atoms with E-state index < -0.39 is 6.36 Å². The van der Waals surface area contributed by atoms with Crippen molar-refractivity contribution in [3.8, 4) is 17.0 Å². The van der Waals surface area contributed by atoms with Gasteiger partial charge in [-0.25, -0.2) is 9.97 Å². The molecule has 0 bridgehead atoms. The van der Waals surface area contributed by atoms with Crippen LogP contribution in [0, 0.1) is 5.92 Å². The van der Waals surface area contributed by atoms with E-state index in [-0.39, 0.29) is 17.6 Å². The minimum atomic E-state index is -4.73. The third kappa shape index (κ3) is 4.41. The summed E-state index contributed by atoms with van der Waals surface area (Å²) in [5.41, 5.74) is 6.59. The van der Waals surface area contributed by atoms with Crippen molar-refractivity contribution in [3.63, 3.8) is 0 Å². The second kappa shape index (κ2) is 7.19. The van der Waals surface area contributed by atoms with Gasteiger partial charge < -0.3 is 15.4 Å². The number of hydrogen-bond donors (Lipinski definition) is 1. The van der Waals surface area contributed by atoms with Gasteiger partial charge in [0.1, 0.15) is 17.9 Å². The first-order chi connectivity index (χ1) is 12.3. The van der Waals surface area contributed by atoms with E-state index in [0.717, 1.165) is 19.4 Å². The number of benzene rings is 1. The number of piperidine rings is 1. The van der Waals surface area contributed by atoms with Gasteiger partial charge in [0.15, 0.2) is 0 Å². The first kappa shape index (κ1) is 18.0. The van der Waals surface area contributed by atoms with Crippen LogP contribution in [0.15, 0.2) is 36.7 Å². The third-order valence-electron chi connectivity index (χ3n) is 4.18. The molecule has 9 heteroatoms. The molecule has 3 rings (SSSR count). The van der Waals surface area contributed by atoms with Crippen LogP contribution in [-0.4, -0.2) is 35.3 Å². The van der Waals surface area contributed by atoms with E-state index in [2.05, 4.69) is 14.7 Å². The second-order valence-corrected chi connectivity index (χ2v) is 6.02. The van der Waals surface area contributed by atoms with Crippen molar-refractivity contribution in [2.75, 3.05) is 18.0 Å². The summed E-state index contributed by atoms with van der Waals surface area (Å²) < 4.78 is 40.6. The lowest BCUT2D eigenvalue weighted by molar-refractivity contribution is -0.274. The number of anilines is 1. The highest BCUT2D eigenvalue weighted by molar-refractivity contribution is 5.77. The number of rotatable bonds is 4. The van der Waals surface area contributed by atoms with Crippen molar-refractivity contribution in [3.05, 3.63) is 36.7 Å². The molecule has 138 valence electrons. The summed E-state index contributed by atoms with van der Waals surface area (Å²) in [7, 11) is 0. The van der Waals surface area contributed by atoms with Gasteiger partial charge in [-0.1, -0.05) is 0 Å². The molecule has 1 aliphatic heterocycles. The largest absolute Gasteiger partial charge is 0.573 e. The molecule has 1 saturated heterocycles. The first-order valence-corrected chi connectivity index (χ1v) is 8.04. The summed E-state index contributed by atoms with van der Waals surface area (Å²) in [5.74, 6) is -0.197. The van der Waals surface area contributed by atoms with E-state index in [9.17, 15) is 18.0 Å². The molecule has 1 amide bonds. The number of nitrogens with two attached hydrogens (primary N) is 1. The van der Waals surface area contributed by atoms with Gasteiger partial charge in [0.2, 0.25) is 5.91 Å². The van der Waals surface area contributed by atoms with Crippen LogP contribution in [0.4, 0.5) is 19.0 Å². The number of hydrogen-bond acceptors (Lipinski definition) is 5. The zero-order valence-electron chi connectivity index (χ0n) is 13.7. The highest BCUT2D eigenvalue weighted by Crippen LogP contribution is 2.28. The Bertz CT molecular complexity index is 780. The van der Waals surface area contributed by atoms with Crippen molar-refractivity contribution in [1.82, 2.24) is 9.97 Å². The molecule has 26 heavy (non-hydrogen) atoms. The lowest BCUT2D eigenvalue weighted by atomic mass is 9.97. The SMILES string of the molecule is NC(=O)C1CCCN(c2cc(-c3ccc(OC(F)(F)F)cc3)ncn2)C1. The Labute approximate surface area is 147 Å². The Hall–Kier alpha value is -2.84. The van der Waals surface area contributed by atoms with Gasteiger partial charge >= 0.3 is 6.36 Å². The predicted octanol–water partition coefficient (Wildman–Crippen LogP) is 2.74. The summed E-state index contributed by atoms with van der Waals surface area (Å²) in [6.45, 7) is 1.24. The number of halogens is 3. The van der Waals surface area contributed by atoms with E-state index in [1.165, 1.54) is 30.6 Å². The lowest BCUT2D eigenvalue weighted by Gasteiger charge is -2.32. The highest BCUT2D eigenvalue weighted by atomic mass is 19.4. The molecule has 2 N–H and O–H groups in total. The van der Waals surface area contributed by atoms with Gasteiger partial charge in [-0.2, -0.15) is 0 Å². The molecule has 0 radical (unpaired) electrons. The highest BCUT2D eigenvalue weighted by Gasteiger charge is 2.31. The first-order valence-electron chi connectivity index (χ1n) is 8.04. The van der Waals surface area contributed by atoms with Crippen LogP contribution < -0.4 is 15.4 Å². The van der Waals surface area contributed by atoms with Crippen LogP contribution >= 0.6 is 0 Å². The minimum absolute atomic E-state index is 0.221. The number of amides is 1. The van der Waals surface area contributed by atoms with Gasteiger partial charge in [-0.05, 0) is 37.1 Å². The van der Waals surface area contributed by atoms with E-state index in [0.29, 0.717) is 23.6 Å². The molecule has 0 aliphatic carbocycles. The fourth-order valence-electron chi connectivity index (χ4n) is 2.92. The van der Waals surface area contributed by atoms with Crippen LogP contribution in [0.3, 0.4) is 0 Å². The zero-order chi connectivity index (χ0) is 18.7. The molecular weight excluding hydrogens is 349 g/mol. The van der Waals surface area contributed by atoms with Crippen molar-refractivity contribution < 1.29 is 22.7 Å². The van der Waals surface area contributed by atoms with Crippen LogP contribution in [0.2, 0.25) is 0 Å². The molecule has 1 aliphatic rings. The summed E-state index contributed by atoms with van der Waals surface area (Å²) >= 11 is 0. The van der Waals surface area contributed by atoms with E-state index in [1.54, 1.807) is 6.07 Å². The average Bonchev–Trinajstić information content (AvgIpc) is 2.61. The predicted molar refractivity (Wildman–Crippen MR) is 88.3 cm³/mol. The molecule has 0 saturated carbocycles. The van der Waals surface area contributed by atoms with Crippen molar-refractivity contribution in [2.45, 2.75) is 19.2 Å². The molecule has 1 fully saturated rings. The quantitative estimate of drug-likeness (QED) is 0.900. The van der Waals surface area contributed by atoms with Gasteiger partial charge in [-0.3, -0.25) is 4.79 Å². The molecular formula is C17H17F3N4O2. The molecule has 1 aromatic heterocycles. The lowest BCUT2D eigenvalue weighted by Crippen LogP contribution is -2.41. The molecule has 1 aromatic carbocycles. The number of nitrogens with zero attached hydrogens (tertiary/aromatic N) is 3. The Kier molecular flexibility index (Phi) is 4.97. The number of carbonyl (C=O) groups is 1. The van der Waals surface area contributed by atoms with E-state index >= 15 is 0 Å². The monoisotopic (exact) mass is 366 g/mol. The Balaban J connectivity index is 1.78. The van der Waals surface area contributed by atoms with Crippen molar-refractivity contribution >= 4 is 11.7 Å². The maximum Gasteiger partial charge on any atom is 0.573 e. The number of carbonyl (C=O) groups excluding carboxylic acids is 1. The van der Waals surface area contributed by atoms with Crippen LogP contribution in [-0.2, 0) is 4.79 Å². The molecule has 1 atom stereocenters. The van der Waals surface area contributed by atoms with Crippen LogP contribution in [0.25, 0.3) is 11.3 Å². The summed E-state index contributed by atoms with van der Waals surface area (Å²) in [6.07, 6.45) is -1.76. The Morgan fingerprint density at radius 2 is 1.96 bits per heavy atom. The number of aromatic nitrogens is 2. The van der Waals surface area contributed by atoms with E-state index in [1.807, 2.05) is 4.90 Å². The number of primary amides is 1. The zero-order valence-corrected chi connectivity index (χ0v) is 13.7. The van der Waals surface area contributed by atoms with Gasteiger partial charge in [-0.15, -0.1) is 13.2 Å². The number of alkyl halides is 3. The topological polar surface area (TPSA) is 81.3 Å². The average molecular weight is 366 g/mol. The van der Waals surface area contributed by atoms with E-state index in [4.69, 9.17) is 5.73 Å². The van der Waals surface area contributed by atoms with Gasteiger partial charge in [0.05, 0.1) is 11.6 Å². The van der Waals surface area contributed by atoms with Crippen molar-refractivity contribution in [1.29, 1.82) is 0 Å². The fraction of sp³-hybridized carbons (Fsp3) is 0.353. The van der Waals surface area contributed by atoms with Crippen molar-refractivity contribution in [2.24, 2.45) is 11.7 Å². The molecule has 6 nitrogen and oxygen atoms in total. The summed E-state index contributed by atoms with van der Waals surface area (Å²) in [4.78, 5) is 21.8. The smallest absolute Gasteiger partial charge is 0.406 e. The molecule has 2 aromatic rings. The Morgan fingerprint density at radius 1 is 1.23 bits per heavy atom. The Morgan fingerprint density at radius 3 is 2.62 bits per heavy atom. The maximum atomic E-state index is 12.2. The number of ether oxygens (including phenoxy) is 1. The molecule has 2 heterocycles. The maximum absolute atomic E-state index is 12.2. The fourth-order valence-corrected chi connectivity index (χ4v) is 2.92. The third-order valence-corrected chi connectivity index (χ3v) is 4.18. The standard InChI is InChI=1S/C17H17F3N4O2/c18-17(19,20)26-13-5-3-11(4-6-13)14-8-15(23-10-22-14)24-7-1-2-12(9-24)16(21)25/h3-6,8,10,12H,1-2,7,9H2,(H2,21,25). The second-order valence-electron chi connectivity index (χ2n) is 6.02. The normalized spacial score (nSPS) is 17.8.